The van der Waals surface area contributed by atoms with E-state index in [1.807, 2.05) is 45.9 Å². The number of nitrogens with one attached hydrogen (secondary N) is 1. The number of hydrogen-bond donors (Lipinski definition) is 1. The third kappa shape index (κ3) is 3.34. The predicted octanol–water partition coefficient (Wildman–Crippen LogP) is 3.74. The summed E-state index contributed by atoms with van der Waals surface area (Å²) in [6.45, 7) is 7.67. The summed E-state index contributed by atoms with van der Waals surface area (Å²) >= 11 is 3.39. The fraction of sp³-hybridized carbons (Fsp3) is 0.417. The fourth-order valence-corrected chi connectivity index (χ4v) is 1.55. The number of anilines is 1. The molecular formula is C12H16BrNO. The zero-order valence-electron chi connectivity index (χ0n) is 9.52. The molecule has 1 rings (SSSR count). The standard InChI is InChI=1S/C12H16BrNO/c1-8-7-9(13)5-6-10(8)14-11(15)12(2,3)4/h5-7H,1-4H3,(H,14,15). The first-order chi connectivity index (χ1) is 6.80. The van der Waals surface area contributed by atoms with Gasteiger partial charge in [0, 0.05) is 15.6 Å². The van der Waals surface area contributed by atoms with Crippen molar-refractivity contribution < 1.29 is 4.79 Å². The number of rotatable bonds is 1. The number of amides is 1. The van der Waals surface area contributed by atoms with Crippen LogP contribution in [0.5, 0.6) is 0 Å². The van der Waals surface area contributed by atoms with Crippen molar-refractivity contribution in [3.8, 4) is 0 Å². The van der Waals surface area contributed by atoms with Gasteiger partial charge in [-0.1, -0.05) is 36.7 Å². The van der Waals surface area contributed by atoms with E-state index in [4.69, 9.17) is 0 Å². The Morgan fingerprint density at radius 1 is 1.33 bits per heavy atom. The van der Waals surface area contributed by atoms with E-state index in [0.29, 0.717) is 0 Å². The third-order valence-corrected chi connectivity index (χ3v) is 2.61. The molecule has 0 aliphatic carbocycles. The molecule has 0 aromatic heterocycles. The van der Waals surface area contributed by atoms with Crippen molar-refractivity contribution in [2.45, 2.75) is 27.7 Å². The van der Waals surface area contributed by atoms with Gasteiger partial charge >= 0.3 is 0 Å². The molecule has 0 unspecified atom stereocenters. The molecule has 0 fully saturated rings. The fourth-order valence-electron chi connectivity index (χ4n) is 1.08. The summed E-state index contributed by atoms with van der Waals surface area (Å²) in [4.78, 5) is 11.7. The number of hydrogen-bond acceptors (Lipinski definition) is 1. The lowest BCUT2D eigenvalue weighted by Gasteiger charge is -2.18. The maximum Gasteiger partial charge on any atom is 0.229 e. The summed E-state index contributed by atoms with van der Waals surface area (Å²) in [6, 6.07) is 5.81. The van der Waals surface area contributed by atoms with E-state index in [1.165, 1.54) is 0 Å². The SMILES string of the molecule is Cc1cc(Br)ccc1NC(=O)C(C)(C)C. The van der Waals surface area contributed by atoms with Crippen LogP contribution in [-0.4, -0.2) is 5.91 Å². The number of benzene rings is 1. The van der Waals surface area contributed by atoms with E-state index >= 15 is 0 Å². The molecule has 0 saturated carbocycles. The molecular weight excluding hydrogens is 254 g/mol. The zero-order valence-corrected chi connectivity index (χ0v) is 11.1. The van der Waals surface area contributed by atoms with Crippen molar-refractivity contribution >= 4 is 27.5 Å². The molecule has 0 aliphatic heterocycles. The van der Waals surface area contributed by atoms with Crippen molar-refractivity contribution in [1.29, 1.82) is 0 Å². The second-order valence-electron chi connectivity index (χ2n) is 4.66. The second kappa shape index (κ2) is 4.35. The minimum absolute atomic E-state index is 0.0351. The van der Waals surface area contributed by atoms with Gasteiger partial charge in [0.15, 0.2) is 0 Å². The number of halogens is 1. The van der Waals surface area contributed by atoms with Gasteiger partial charge in [-0.05, 0) is 30.7 Å². The van der Waals surface area contributed by atoms with E-state index in [-0.39, 0.29) is 11.3 Å². The molecule has 0 atom stereocenters. The van der Waals surface area contributed by atoms with Crippen LogP contribution in [0.2, 0.25) is 0 Å². The van der Waals surface area contributed by atoms with E-state index in [9.17, 15) is 4.79 Å². The molecule has 1 aromatic rings. The van der Waals surface area contributed by atoms with Gasteiger partial charge in [0.2, 0.25) is 5.91 Å². The first-order valence-corrected chi connectivity index (χ1v) is 5.67. The van der Waals surface area contributed by atoms with Crippen molar-refractivity contribution in [2.75, 3.05) is 5.32 Å². The molecule has 1 aromatic carbocycles. The Labute approximate surface area is 99.2 Å². The molecule has 82 valence electrons. The highest BCUT2D eigenvalue weighted by Gasteiger charge is 2.21. The Morgan fingerprint density at radius 3 is 2.40 bits per heavy atom. The first-order valence-electron chi connectivity index (χ1n) is 4.88. The Bertz CT molecular complexity index is 380. The normalized spacial score (nSPS) is 11.3. The molecule has 0 radical (unpaired) electrons. The van der Waals surface area contributed by atoms with Crippen molar-refractivity contribution in [2.24, 2.45) is 5.41 Å². The second-order valence-corrected chi connectivity index (χ2v) is 5.58. The van der Waals surface area contributed by atoms with Crippen LogP contribution < -0.4 is 5.32 Å². The smallest absolute Gasteiger partial charge is 0.229 e. The van der Waals surface area contributed by atoms with E-state index in [0.717, 1.165) is 15.7 Å². The molecule has 3 heteroatoms. The average molecular weight is 270 g/mol. The lowest BCUT2D eigenvalue weighted by Crippen LogP contribution is -2.27. The molecule has 0 saturated heterocycles. The van der Waals surface area contributed by atoms with E-state index in [1.54, 1.807) is 0 Å². The quantitative estimate of drug-likeness (QED) is 0.827. The van der Waals surface area contributed by atoms with Gasteiger partial charge in [0.1, 0.15) is 0 Å². The average Bonchev–Trinajstić information content (AvgIpc) is 2.08. The minimum Gasteiger partial charge on any atom is -0.325 e. The summed E-state index contributed by atoms with van der Waals surface area (Å²) in [5.41, 5.74) is 1.57. The van der Waals surface area contributed by atoms with Gasteiger partial charge in [-0.2, -0.15) is 0 Å². The van der Waals surface area contributed by atoms with E-state index in [2.05, 4.69) is 21.2 Å². The van der Waals surface area contributed by atoms with Gasteiger partial charge in [-0.3, -0.25) is 4.79 Å². The summed E-state index contributed by atoms with van der Waals surface area (Å²) in [7, 11) is 0. The third-order valence-electron chi connectivity index (χ3n) is 2.12. The highest BCUT2D eigenvalue weighted by Crippen LogP contribution is 2.22. The van der Waals surface area contributed by atoms with Gasteiger partial charge in [0.25, 0.3) is 0 Å². The van der Waals surface area contributed by atoms with Gasteiger partial charge in [0.05, 0.1) is 0 Å². The Kier molecular flexibility index (Phi) is 3.55. The summed E-state index contributed by atoms with van der Waals surface area (Å²) in [5.74, 6) is 0.0351. The lowest BCUT2D eigenvalue weighted by molar-refractivity contribution is -0.123. The lowest BCUT2D eigenvalue weighted by atomic mass is 9.95. The van der Waals surface area contributed by atoms with Crippen molar-refractivity contribution in [3.05, 3.63) is 28.2 Å². The summed E-state index contributed by atoms with van der Waals surface area (Å²) < 4.78 is 1.02. The molecule has 0 heterocycles. The topological polar surface area (TPSA) is 29.1 Å². The van der Waals surface area contributed by atoms with Crippen LogP contribution in [0.3, 0.4) is 0 Å². The van der Waals surface area contributed by atoms with Gasteiger partial charge < -0.3 is 5.32 Å². The number of aryl methyl sites for hydroxylation is 1. The van der Waals surface area contributed by atoms with Crippen LogP contribution in [-0.2, 0) is 4.79 Å². The van der Waals surface area contributed by atoms with E-state index < -0.39 is 0 Å². The molecule has 1 amide bonds. The summed E-state index contributed by atoms with van der Waals surface area (Å²) in [6.07, 6.45) is 0. The maximum atomic E-state index is 11.7. The van der Waals surface area contributed by atoms with Crippen LogP contribution in [0.25, 0.3) is 0 Å². The first kappa shape index (κ1) is 12.2. The minimum atomic E-state index is -0.362. The Morgan fingerprint density at radius 2 is 1.93 bits per heavy atom. The molecule has 1 N–H and O–H groups in total. The Hall–Kier alpha value is -0.830. The van der Waals surface area contributed by atoms with Crippen molar-refractivity contribution in [1.82, 2.24) is 0 Å². The van der Waals surface area contributed by atoms with Crippen LogP contribution in [0.4, 0.5) is 5.69 Å². The molecule has 15 heavy (non-hydrogen) atoms. The number of carbonyl (C=O) groups excluding carboxylic acids is 1. The van der Waals surface area contributed by atoms with Crippen LogP contribution >= 0.6 is 15.9 Å². The van der Waals surface area contributed by atoms with Gasteiger partial charge in [-0.25, -0.2) is 0 Å². The number of carbonyl (C=O) groups is 1. The zero-order chi connectivity index (χ0) is 11.6. The van der Waals surface area contributed by atoms with Crippen LogP contribution in [0, 0.1) is 12.3 Å². The largest absolute Gasteiger partial charge is 0.325 e. The highest BCUT2D eigenvalue weighted by atomic mass is 79.9. The van der Waals surface area contributed by atoms with Crippen molar-refractivity contribution in [3.63, 3.8) is 0 Å². The maximum absolute atomic E-state index is 11.7. The van der Waals surface area contributed by atoms with Gasteiger partial charge in [-0.15, -0.1) is 0 Å². The molecule has 2 nitrogen and oxygen atoms in total. The summed E-state index contributed by atoms with van der Waals surface area (Å²) in [5, 5.41) is 2.92. The Balaban J connectivity index is 2.87. The molecule has 0 bridgehead atoms. The van der Waals surface area contributed by atoms with Crippen LogP contribution in [0.1, 0.15) is 26.3 Å². The molecule has 0 aliphatic rings. The monoisotopic (exact) mass is 269 g/mol. The highest BCUT2D eigenvalue weighted by molar-refractivity contribution is 9.10. The van der Waals surface area contributed by atoms with Crippen LogP contribution in [0.15, 0.2) is 22.7 Å². The molecule has 0 spiro atoms. The predicted molar refractivity (Wildman–Crippen MR) is 67.0 cm³/mol.